The summed E-state index contributed by atoms with van der Waals surface area (Å²) in [5.74, 6) is 1.19. The van der Waals surface area contributed by atoms with E-state index in [9.17, 15) is 4.79 Å². The fourth-order valence-corrected chi connectivity index (χ4v) is 5.96. The molecule has 1 aliphatic heterocycles. The fourth-order valence-electron chi connectivity index (χ4n) is 5.46. The molecule has 5 rings (SSSR count). The van der Waals surface area contributed by atoms with Crippen molar-refractivity contribution in [3.8, 4) is 17.2 Å². The summed E-state index contributed by atoms with van der Waals surface area (Å²) in [6.07, 6.45) is 2.01. The van der Waals surface area contributed by atoms with Gasteiger partial charge in [0.2, 0.25) is 5.91 Å². The molecule has 3 heterocycles. The Hall–Kier alpha value is -4.08. The Balaban J connectivity index is 1.50. The van der Waals surface area contributed by atoms with Gasteiger partial charge in [0.05, 0.1) is 43.4 Å². The molecule has 0 radical (unpaired) electrons. The van der Waals surface area contributed by atoms with Crippen LogP contribution in [0.4, 0.5) is 5.69 Å². The first-order valence-corrected chi connectivity index (χ1v) is 14.0. The molecule has 0 aliphatic carbocycles. The van der Waals surface area contributed by atoms with Gasteiger partial charge in [0.15, 0.2) is 5.11 Å². The van der Waals surface area contributed by atoms with E-state index in [0.29, 0.717) is 33.9 Å². The molecule has 0 bridgehead atoms. The predicted octanol–water partition coefficient (Wildman–Crippen LogP) is 6.16. The number of aromatic nitrogens is 2. The van der Waals surface area contributed by atoms with E-state index in [1.54, 1.807) is 20.4 Å². The molecule has 0 saturated carbocycles. The number of carbonyl (C=O) groups is 1. The number of benzene rings is 2. The van der Waals surface area contributed by atoms with Crippen LogP contribution in [-0.2, 0) is 4.79 Å². The minimum atomic E-state index is -0.212. The Morgan fingerprint density at radius 1 is 1.05 bits per heavy atom. The number of pyridine rings is 1. The molecular weight excluding hydrogens is 558 g/mol. The summed E-state index contributed by atoms with van der Waals surface area (Å²) in [7, 11) is 3.23. The lowest BCUT2D eigenvalue weighted by Crippen LogP contribution is -2.33. The first kappa shape index (κ1) is 28.4. The lowest BCUT2D eigenvalue weighted by Gasteiger charge is -2.28. The third-order valence-electron chi connectivity index (χ3n) is 7.33. The average molecular weight is 590 g/mol. The van der Waals surface area contributed by atoms with E-state index >= 15 is 0 Å². The maximum Gasteiger partial charge on any atom is 0.226 e. The second-order valence-corrected chi connectivity index (χ2v) is 10.6. The number of methoxy groups -OCH3 is 2. The minimum absolute atomic E-state index is 0.133. The summed E-state index contributed by atoms with van der Waals surface area (Å²) >= 11 is 12.2. The number of para-hydroxylation sites is 2. The number of nitrogens with one attached hydrogen (secondary N) is 2. The highest BCUT2D eigenvalue weighted by Gasteiger charge is 2.41. The van der Waals surface area contributed by atoms with Crippen molar-refractivity contribution in [3.05, 3.63) is 101 Å². The van der Waals surface area contributed by atoms with Crippen LogP contribution in [0.1, 0.15) is 41.1 Å². The summed E-state index contributed by atoms with van der Waals surface area (Å²) < 4.78 is 13.2. The van der Waals surface area contributed by atoms with Crippen molar-refractivity contribution in [2.24, 2.45) is 0 Å². The molecule has 0 spiro atoms. The Labute approximate surface area is 250 Å². The van der Waals surface area contributed by atoms with Crippen LogP contribution < -0.4 is 20.1 Å². The number of carbonyl (C=O) groups excluding carboxylic acids is 1. The van der Waals surface area contributed by atoms with Gasteiger partial charge in [-0.05, 0) is 80.2 Å². The molecule has 10 heteroatoms. The van der Waals surface area contributed by atoms with Crippen molar-refractivity contribution in [1.29, 1.82) is 0 Å². The molecule has 2 aromatic heterocycles. The van der Waals surface area contributed by atoms with Crippen LogP contribution in [0.5, 0.6) is 11.5 Å². The number of aryl methyl sites for hydroxylation is 1. The smallest absolute Gasteiger partial charge is 0.226 e. The zero-order chi connectivity index (χ0) is 29.1. The van der Waals surface area contributed by atoms with E-state index in [1.807, 2.05) is 60.7 Å². The van der Waals surface area contributed by atoms with Gasteiger partial charge >= 0.3 is 0 Å². The molecule has 8 nitrogen and oxygen atoms in total. The van der Waals surface area contributed by atoms with Crippen molar-refractivity contribution in [2.75, 3.05) is 26.1 Å². The lowest BCUT2D eigenvalue weighted by molar-refractivity contribution is -0.116. The van der Waals surface area contributed by atoms with Gasteiger partial charge in [-0.1, -0.05) is 29.8 Å². The van der Waals surface area contributed by atoms with Gasteiger partial charge < -0.3 is 29.6 Å². The molecule has 41 heavy (non-hydrogen) atoms. The normalized spacial score (nSPS) is 16.4. The number of halogens is 1. The first-order valence-electron chi connectivity index (χ1n) is 13.3. The molecule has 212 valence electrons. The second-order valence-electron chi connectivity index (χ2n) is 9.80. The van der Waals surface area contributed by atoms with Gasteiger partial charge in [-0.3, -0.25) is 9.78 Å². The highest BCUT2D eigenvalue weighted by molar-refractivity contribution is 7.80. The van der Waals surface area contributed by atoms with E-state index < -0.39 is 0 Å². The van der Waals surface area contributed by atoms with Crippen molar-refractivity contribution >= 4 is 40.5 Å². The highest BCUT2D eigenvalue weighted by atomic mass is 35.5. The summed E-state index contributed by atoms with van der Waals surface area (Å²) in [6.45, 7) is 4.54. The largest absolute Gasteiger partial charge is 0.495 e. The van der Waals surface area contributed by atoms with Gasteiger partial charge in [0.1, 0.15) is 11.5 Å². The number of rotatable bonds is 9. The van der Waals surface area contributed by atoms with Crippen LogP contribution >= 0.6 is 23.8 Å². The van der Waals surface area contributed by atoms with Crippen molar-refractivity contribution in [1.82, 2.24) is 19.8 Å². The molecule has 2 atom stereocenters. The Kier molecular flexibility index (Phi) is 8.46. The van der Waals surface area contributed by atoms with Crippen LogP contribution in [0.25, 0.3) is 5.69 Å². The Morgan fingerprint density at radius 3 is 2.54 bits per heavy atom. The Bertz CT molecular complexity index is 1580. The van der Waals surface area contributed by atoms with Crippen molar-refractivity contribution < 1.29 is 14.3 Å². The average Bonchev–Trinajstić information content (AvgIpc) is 3.46. The van der Waals surface area contributed by atoms with E-state index in [1.165, 1.54) is 0 Å². The highest BCUT2D eigenvalue weighted by Crippen LogP contribution is 2.42. The molecule has 1 amide bonds. The summed E-state index contributed by atoms with van der Waals surface area (Å²) in [5.41, 5.74) is 5.45. The molecule has 2 aromatic carbocycles. The number of nitrogens with zero attached hydrogens (tertiary/aromatic N) is 3. The number of ether oxygens (including phenoxy) is 2. The van der Waals surface area contributed by atoms with Crippen LogP contribution in [0.3, 0.4) is 0 Å². The number of thiocarbonyl (C=S) groups is 1. The molecule has 0 unspecified atom stereocenters. The SMILES string of the molecule is COc1ccccc1NC(=O)CCN1C(=S)N[C@H](c2ccccn2)[C@@H]1c1cc(C)n(-c2cc(Cl)ccc2OC)c1C. The fraction of sp³-hybridized carbons (Fsp3) is 0.258. The van der Waals surface area contributed by atoms with E-state index in [-0.39, 0.29) is 24.4 Å². The quantitative estimate of drug-likeness (QED) is 0.226. The number of amides is 1. The van der Waals surface area contributed by atoms with Gasteiger partial charge in [-0.15, -0.1) is 0 Å². The predicted molar refractivity (Wildman–Crippen MR) is 165 cm³/mol. The van der Waals surface area contributed by atoms with Crippen LogP contribution in [-0.4, -0.2) is 46.2 Å². The van der Waals surface area contributed by atoms with Gasteiger partial charge in [-0.2, -0.15) is 0 Å². The lowest BCUT2D eigenvalue weighted by atomic mass is 9.96. The second kappa shape index (κ2) is 12.2. The number of hydrogen-bond acceptors (Lipinski definition) is 5. The molecule has 1 aliphatic rings. The number of anilines is 1. The van der Waals surface area contributed by atoms with Gasteiger partial charge in [0, 0.05) is 35.6 Å². The monoisotopic (exact) mass is 589 g/mol. The third kappa shape index (κ3) is 5.73. The first-order chi connectivity index (χ1) is 19.8. The van der Waals surface area contributed by atoms with Crippen LogP contribution in [0.15, 0.2) is 72.9 Å². The van der Waals surface area contributed by atoms with E-state index in [2.05, 4.69) is 45.0 Å². The molecule has 1 fully saturated rings. The maximum atomic E-state index is 13.1. The Morgan fingerprint density at radius 2 is 1.80 bits per heavy atom. The van der Waals surface area contributed by atoms with Crippen LogP contribution in [0.2, 0.25) is 5.02 Å². The zero-order valence-corrected chi connectivity index (χ0v) is 24.9. The molecular formula is C31H32ClN5O3S. The third-order valence-corrected chi connectivity index (χ3v) is 7.92. The molecule has 2 N–H and O–H groups in total. The minimum Gasteiger partial charge on any atom is -0.495 e. The summed E-state index contributed by atoms with van der Waals surface area (Å²) in [5, 5.41) is 7.63. The van der Waals surface area contributed by atoms with Gasteiger partial charge in [0.25, 0.3) is 0 Å². The topological polar surface area (TPSA) is 80.7 Å². The van der Waals surface area contributed by atoms with E-state index in [4.69, 9.17) is 33.3 Å². The van der Waals surface area contributed by atoms with Crippen molar-refractivity contribution in [3.63, 3.8) is 0 Å². The standard InChI is InChI=1S/C31H32ClN5O3S/c1-19-17-22(20(2)37(19)25-18-21(32)12-13-27(25)40-4)30-29(24-10-7-8-15-33-24)35-31(41)36(30)16-14-28(38)34-23-9-5-6-11-26(23)39-3/h5-13,15,17-18,29-30H,14,16H2,1-4H3,(H,34,38)(H,35,41)/t29-,30+/m1/s1. The van der Waals surface area contributed by atoms with Crippen LogP contribution in [0, 0.1) is 13.8 Å². The zero-order valence-electron chi connectivity index (χ0n) is 23.3. The number of hydrogen-bond donors (Lipinski definition) is 2. The van der Waals surface area contributed by atoms with Crippen molar-refractivity contribution in [2.45, 2.75) is 32.4 Å². The molecule has 4 aromatic rings. The van der Waals surface area contributed by atoms with Gasteiger partial charge in [-0.25, -0.2) is 0 Å². The molecule has 1 saturated heterocycles. The summed E-state index contributed by atoms with van der Waals surface area (Å²) in [6, 6.07) is 20.5. The maximum absolute atomic E-state index is 13.1. The van der Waals surface area contributed by atoms with E-state index in [0.717, 1.165) is 28.3 Å². The summed E-state index contributed by atoms with van der Waals surface area (Å²) in [4.78, 5) is 19.8.